The molecule has 1 N–H and O–H groups in total. The van der Waals surface area contributed by atoms with E-state index in [1.54, 1.807) is 36.4 Å². The summed E-state index contributed by atoms with van der Waals surface area (Å²) in [6, 6.07) is 19.4. The summed E-state index contributed by atoms with van der Waals surface area (Å²) in [7, 11) is 1.53. The maximum atomic E-state index is 13.0. The number of nitriles is 1. The Labute approximate surface area is 198 Å². The molecule has 0 atom stereocenters. The van der Waals surface area contributed by atoms with Gasteiger partial charge in [0.05, 0.1) is 18.4 Å². The molecule has 0 saturated carbocycles. The largest absolute Gasteiger partial charge is 0.496 e. The SMILES string of the molecule is COc1ccccc1-c1nc(C#N)ccc1C(=O)Nc1nnc(OCc2ccc(Cl)cc2)s1. The van der Waals surface area contributed by atoms with Crippen LogP contribution in [0.2, 0.25) is 5.02 Å². The van der Waals surface area contributed by atoms with Crippen molar-refractivity contribution in [3.63, 3.8) is 0 Å². The Balaban J connectivity index is 1.53. The molecule has 2 aromatic carbocycles. The van der Waals surface area contributed by atoms with Crippen molar-refractivity contribution in [2.24, 2.45) is 0 Å². The number of pyridine rings is 1. The summed E-state index contributed by atoms with van der Waals surface area (Å²) in [6.45, 7) is 0.289. The van der Waals surface area contributed by atoms with Gasteiger partial charge in [0.15, 0.2) is 0 Å². The third kappa shape index (κ3) is 5.26. The molecule has 0 aliphatic carbocycles. The lowest BCUT2D eigenvalue weighted by molar-refractivity contribution is 0.102. The van der Waals surface area contributed by atoms with Gasteiger partial charge in [0.1, 0.15) is 24.1 Å². The first-order valence-corrected chi connectivity index (χ1v) is 10.8. The molecule has 0 unspecified atom stereocenters. The Morgan fingerprint density at radius 2 is 1.91 bits per heavy atom. The molecule has 0 saturated heterocycles. The molecule has 8 nitrogen and oxygen atoms in total. The summed E-state index contributed by atoms with van der Waals surface area (Å²) in [5, 5.41) is 21.1. The van der Waals surface area contributed by atoms with Crippen molar-refractivity contribution < 1.29 is 14.3 Å². The van der Waals surface area contributed by atoms with Crippen LogP contribution in [0.15, 0.2) is 60.7 Å². The highest BCUT2D eigenvalue weighted by molar-refractivity contribution is 7.17. The van der Waals surface area contributed by atoms with Crippen molar-refractivity contribution in [1.82, 2.24) is 15.2 Å². The molecule has 0 bridgehead atoms. The number of hydrogen-bond donors (Lipinski definition) is 1. The molecule has 0 fully saturated rings. The number of carbonyl (C=O) groups is 1. The zero-order valence-corrected chi connectivity index (χ0v) is 18.9. The molecular weight excluding hydrogens is 462 g/mol. The Hall–Kier alpha value is -4.00. The minimum Gasteiger partial charge on any atom is -0.496 e. The van der Waals surface area contributed by atoms with Crippen molar-refractivity contribution in [2.75, 3.05) is 12.4 Å². The zero-order chi connectivity index (χ0) is 23.2. The summed E-state index contributed by atoms with van der Waals surface area (Å²) < 4.78 is 11.0. The number of nitrogens with one attached hydrogen (secondary N) is 1. The molecule has 10 heteroatoms. The predicted molar refractivity (Wildman–Crippen MR) is 125 cm³/mol. The minimum absolute atomic E-state index is 0.182. The van der Waals surface area contributed by atoms with Crippen molar-refractivity contribution in [1.29, 1.82) is 5.26 Å². The van der Waals surface area contributed by atoms with Gasteiger partial charge in [-0.25, -0.2) is 4.98 Å². The number of hydrogen-bond acceptors (Lipinski definition) is 8. The third-order valence-electron chi connectivity index (χ3n) is 4.52. The van der Waals surface area contributed by atoms with E-state index in [0.717, 1.165) is 16.9 Å². The van der Waals surface area contributed by atoms with E-state index in [9.17, 15) is 10.1 Å². The Bertz CT molecular complexity index is 1330. The van der Waals surface area contributed by atoms with Gasteiger partial charge in [-0.1, -0.05) is 41.0 Å². The average Bonchev–Trinajstić information content (AvgIpc) is 3.30. The predicted octanol–water partition coefficient (Wildman–Crippen LogP) is 4.97. The van der Waals surface area contributed by atoms with Crippen LogP contribution in [0.25, 0.3) is 11.3 Å². The van der Waals surface area contributed by atoms with Crippen LogP contribution in [0.5, 0.6) is 10.9 Å². The summed E-state index contributed by atoms with van der Waals surface area (Å²) in [4.78, 5) is 17.4. The molecule has 164 valence electrons. The van der Waals surface area contributed by atoms with Crippen LogP contribution in [0, 0.1) is 11.3 Å². The van der Waals surface area contributed by atoms with E-state index >= 15 is 0 Å². The molecule has 4 aromatic rings. The van der Waals surface area contributed by atoms with Crippen molar-refractivity contribution in [3.05, 3.63) is 82.5 Å². The highest BCUT2D eigenvalue weighted by Gasteiger charge is 2.20. The lowest BCUT2D eigenvalue weighted by Gasteiger charge is -2.12. The number of amides is 1. The first-order valence-electron chi connectivity index (χ1n) is 9.64. The molecule has 0 aliphatic heterocycles. The second-order valence-corrected chi connectivity index (χ2v) is 8.02. The smallest absolute Gasteiger partial charge is 0.296 e. The maximum absolute atomic E-state index is 13.0. The van der Waals surface area contributed by atoms with Crippen LogP contribution in [0.4, 0.5) is 5.13 Å². The van der Waals surface area contributed by atoms with Gasteiger partial charge < -0.3 is 9.47 Å². The second-order valence-electron chi connectivity index (χ2n) is 6.65. The van der Waals surface area contributed by atoms with Crippen LogP contribution < -0.4 is 14.8 Å². The number of methoxy groups -OCH3 is 1. The van der Waals surface area contributed by atoms with Crippen LogP contribution in [0.3, 0.4) is 0 Å². The molecule has 33 heavy (non-hydrogen) atoms. The molecule has 0 aliphatic rings. The van der Waals surface area contributed by atoms with Gasteiger partial charge in [-0.15, -0.1) is 5.10 Å². The van der Waals surface area contributed by atoms with E-state index in [1.165, 1.54) is 13.2 Å². The first-order chi connectivity index (χ1) is 16.1. The van der Waals surface area contributed by atoms with Crippen LogP contribution in [-0.4, -0.2) is 28.2 Å². The fraction of sp³-hybridized carbons (Fsp3) is 0.0870. The van der Waals surface area contributed by atoms with Gasteiger partial charge >= 0.3 is 0 Å². The zero-order valence-electron chi connectivity index (χ0n) is 17.3. The topological polar surface area (TPSA) is 110 Å². The van der Waals surface area contributed by atoms with Gasteiger partial charge in [-0.05, 0) is 53.3 Å². The highest BCUT2D eigenvalue weighted by atomic mass is 35.5. The Morgan fingerprint density at radius 1 is 1.12 bits per heavy atom. The van der Waals surface area contributed by atoms with Crippen molar-refractivity contribution in [3.8, 4) is 28.3 Å². The lowest BCUT2D eigenvalue weighted by Crippen LogP contribution is -2.14. The first kappa shape index (κ1) is 22.2. The number of halogens is 1. The number of rotatable bonds is 7. The quantitative estimate of drug-likeness (QED) is 0.400. The number of benzene rings is 2. The van der Waals surface area contributed by atoms with E-state index in [4.69, 9.17) is 21.1 Å². The normalized spacial score (nSPS) is 10.3. The van der Waals surface area contributed by atoms with Crippen LogP contribution in [0.1, 0.15) is 21.6 Å². The number of aromatic nitrogens is 3. The summed E-state index contributed by atoms with van der Waals surface area (Å²) >= 11 is 6.98. The standard InChI is InChI=1S/C23H16ClN5O3S/c1-31-19-5-3-2-4-17(19)20-18(11-10-16(12-25)26-20)21(30)27-22-28-29-23(33-22)32-13-14-6-8-15(24)9-7-14/h2-11H,13H2,1H3,(H,27,28,30). The number of nitrogens with zero attached hydrogens (tertiary/aromatic N) is 4. The van der Waals surface area contributed by atoms with Crippen molar-refractivity contribution in [2.45, 2.75) is 6.61 Å². The maximum Gasteiger partial charge on any atom is 0.296 e. The van der Waals surface area contributed by atoms with Crippen molar-refractivity contribution >= 4 is 34.0 Å². The molecule has 2 heterocycles. The summed E-state index contributed by atoms with van der Waals surface area (Å²) in [5.74, 6) is 0.0798. The van der Waals surface area contributed by atoms with E-state index in [0.29, 0.717) is 27.2 Å². The average molecular weight is 478 g/mol. The molecular formula is C23H16ClN5O3S. The number of carbonyl (C=O) groups excluding carboxylic acids is 1. The Kier molecular flexibility index (Phi) is 6.78. The van der Waals surface area contributed by atoms with Gasteiger partial charge in [0.25, 0.3) is 11.1 Å². The number of para-hydroxylation sites is 1. The van der Waals surface area contributed by atoms with E-state index in [-0.39, 0.29) is 23.0 Å². The van der Waals surface area contributed by atoms with E-state index in [1.807, 2.05) is 24.3 Å². The van der Waals surface area contributed by atoms with Gasteiger partial charge in [0, 0.05) is 10.6 Å². The lowest BCUT2D eigenvalue weighted by atomic mass is 10.0. The van der Waals surface area contributed by atoms with Gasteiger partial charge in [-0.2, -0.15) is 5.26 Å². The second kappa shape index (κ2) is 10.1. The molecule has 1 amide bonds. The monoisotopic (exact) mass is 477 g/mol. The van der Waals surface area contributed by atoms with E-state index < -0.39 is 5.91 Å². The van der Waals surface area contributed by atoms with Crippen LogP contribution >= 0.6 is 22.9 Å². The molecule has 0 spiro atoms. The molecule has 2 aromatic heterocycles. The fourth-order valence-corrected chi connectivity index (χ4v) is 3.68. The van der Waals surface area contributed by atoms with E-state index in [2.05, 4.69) is 20.5 Å². The summed E-state index contributed by atoms with van der Waals surface area (Å²) in [6.07, 6.45) is 0. The summed E-state index contributed by atoms with van der Waals surface area (Å²) in [5.41, 5.74) is 2.28. The van der Waals surface area contributed by atoms with Gasteiger partial charge in [-0.3, -0.25) is 10.1 Å². The molecule has 0 radical (unpaired) electrons. The van der Waals surface area contributed by atoms with Gasteiger partial charge in [0.2, 0.25) is 5.13 Å². The number of anilines is 1. The molecule has 4 rings (SSSR count). The Morgan fingerprint density at radius 3 is 2.67 bits per heavy atom. The fourth-order valence-electron chi connectivity index (χ4n) is 2.96. The minimum atomic E-state index is -0.451. The third-order valence-corrected chi connectivity index (χ3v) is 5.52. The van der Waals surface area contributed by atoms with Crippen LogP contribution in [-0.2, 0) is 6.61 Å². The highest BCUT2D eigenvalue weighted by Crippen LogP contribution is 2.32. The number of ether oxygens (including phenoxy) is 2.